The standard InChI is InChI=1S/C19H26INO5/c1-12(2)11-15(17(23)25-6)21(18(24)26-19(3,4)5)16(22)13-9-7-8-10-14(13)20/h7-10,12,15H,11H2,1-6H3/t15-/m0/s1/i12D. The van der Waals surface area contributed by atoms with Gasteiger partial charge in [-0.2, -0.15) is 0 Å². The van der Waals surface area contributed by atoms with Gasteiger partial charge in [0.25, 0.3) is 5.91 Å². The lowest BCUT2D eigenvalue weighted by Crippen LogP contribution is -2.51. The van der Waals surface area contributed by atoms with Gasteiger partial charge in [0.05, 0.1) is 12.7 Å². The number of nitrogens with zero attached hydrogens (tertiary/aromatic N) is 1. The third kappa shape index (κ3) is 6.26. The van der Waals surface area contributed by atoms with Crippen molar-refractivity contribution in [3.05, 3.63) is 33.4 Å². The van der Waals surface area contributed by atoms with E-state index in [9.17, 15) is 14.4 Å². The molecule has 144 valence electrons. The monoisotopic (exact) mass is 476 g/mol. The number of methoxy groups -OCH3 is 1. The van der Waals surface area contributed by atoms with Gasteiger partial charge in [0, 0.05) is 4.94 Å². The van der Waals surface area contributed by atoms with E-state index >= 15 is 0 Å². The molecule has 1 rings (SSSR count). The first kappa shape index (κ1) is 20.7. The zero-order chi connectivity index (χ0) is 21.0. The smallest absolute Gasteiger partial charge is 0.418 e. The van der Waals surface area contributed by atoms with Gasteiger partial charge in [-0.15, -0.1) is 0 Å². The molecule has 0 bridgehead atoms. The van der Waals surface area contributed by atoms with Gasteiger partial charge in [-0.3, -0.25) is 4.79 Å². The first-order chi connectivity index (χ1) is 12.3. The fraction of sp³-hybridized carbons (Fsp3) is 0.526. The van der Waals surface area contributed by atoms with Crippen molar-refractivity contribution in [2.24, 2.45) is 5.89 Å². The lowest BCUT2D eigenvalue weighted by molar-refractivity contribution is -0.146. The molecule has 0 aliphatic carbocycles. The van der Waals surface area contributed by atoms with Crippen molar-refractivity contribution in [2.75, 3.05) is 7.11 Å². The highest BCUT2D eigenvalue weighted by Crippen LogP contribution is 2.22. The number of rotatable bonds is 5. The Kier molecular flexibility index (Phi) is 7.43. The molecule has 0 heterocycles. The van der Waals surface area contributed by atoms with Crippen molar-refractivity contribution >= 4 is 40.6 Å². The van der Waals surface area contributed by atoms with Crippen LogP contribution >= 0.6 is 22.6 Å². The number of halogens is 1. The molecule has 0 aliphatic heterocycles. The lowest BCUT2D eigenvalue weighted by Gasteiger charge is -2.31. The Morgan fingerprint density at radius 1 is 1.23 bits per heavy atom. The van der Waals surface area contributed by atoms with Gasteiger partial charge in [-0.25, -0.2) is 14.5 Å². The largest absolute Gasteiger partial charge is 0.467 e. The van der Waals surface area contributed by atoms with Gasteiger partial charge in [0.15, 0.2) is 0 Å². The highest BCUT2D eigenvalue weighted by atomic mass is 127. The zero-order valence-corrected chi connectivity index (χ0v) is 18.1. The minimum Gasteiger partial charge on any atom is -0.467 e. The van der Waals surface area contributed by atoms with Crippen LogP contribution in [-0.2, 0) is 14.3 Å². The van der Waals surface area contributed by atoms with E-state index in [0.29, 0.717) is 3.57 Å². The molecule has 0 saturated heterocycles. The Labute approximate surface area is 169 Å². The summed E-state index contributed by atoms with van der Waals surface area (Å²) < 4.78 is 18.9. The van der Waals surface area contributed by atoms with Crippen LogP contribution in [0.25, 0.3) is 0 Å². The number of carbonyl (C=O) groups excluding carboxylic acids is 3. The maximum atomic E-state index is 13.2. The number of esters is 1. The molecular formula is C19H26INO5. The molecule has 0 spiro atoms. The van der Waals surface area contributed by atoms with Gasteiger partial charge in [-0.05, 0) is 67.8 Å². The molecular weight excluding hydrogens is 449 g/mol. The maximum Gasteiger partial charge on any atom is 0.418 e. The minimum atomic E-state index is -1.28. The van der Waals surface area contributed by atoms with Gasteiger partial charge in [0.1, 0.15) is 11.6 Å². The van der Waals surface area contributed by atoms with Crippen LogP contribution < -0.4 is 0 Å². The van der Waals surface area contributed by atoms with Crippen LogP contribution in [0, 0.1) is 9.46 Å². The molecule has 7 heteroatoms. The van der Waals surface area contributed by atoms with E-state index in [2.05, 4.69) is 0 Å². The van der Waals surface area contributed by atoms with Gasteiger partial charge in [-0.1, -0.05) is 26.0 Å². The summed E-state index contributed by atoms with van der Waals surface area (Å²) in [6, 6.07) is 5.45. The summed E-state index contributed by atoms with van der Waals surface area (Å²) in [5.41, 5.74) is -0.600. The van der Waals surface area contributed by atoms with E-state index in [4.69, 9.17) is 10.8 Å². The number of amides is 2. The van der Waals surface area contributed by atoms with Crippen LogP contribution in [0.4, 0.5) is 4.79 Å². The van der Waals surface area contributed by atoms with Crippen molar-refractivity contribution in [2.45, 2.75) is 52.7 Å². The number of ether oxygens (including phenoxy) is 2. The van der Waals surface area contributed by atoms with Crippen LogP contribution in [0.2, 0.25) is 0 Å². The summed E-state index contributed by atoms with van der Waals surface area (Å²) in [6.45, 7) is 8.18. The number of imide groups is 1. The van der Waals surface area contributed by atoms with Crippen LogP contribution in [-0.4, -0.2) is 41.6 Å². The summed E-state index contributed by atoms with van der Waals surface area (Å²) in [7, 11) is 1.18. The van der Waals surface area contributed by atoms with Crippen molar-refractivity contribution in [3.8, 4) is 0 Å². The van der Waals surface area contributed by atoms with Gasteiger partial charge in [0.2, 0.25) is 0 Å². The summed E-state index contributed by atoms with van der Waals surface area (Å²) in [5, 5.41) is 0. The summed E-state index contributed by atoms with van der Waals surface area (Å²) >= 11 is 1.99. The van der Waals surface area contributed by atoms with E-state index in [1.54, 1.807) is 58.9 Å². The Balaban J connectivity index is 3.46. The normalized spacial score (nSPS) is 13.4. The van der Waals surface area contributed by atoms with Crippen molar-refractivity contribution in [3.63, 3.8) is 0 Å². The van der Waals surface area contributed by atoms with Gasteiger partial charge < -0.3 is 9.47 Å². The molecule has 6 nitrogen and oxygen atoms in total. The highest BCUT2D eigenvalue weighted by Gasteiger charge is 2.39. The second-order valence-electron chi connectivity index (χ2n) is 7.09. The third-order valence-corrected chi connectivity index (χ3v) is 4.24. The molecule has 0 saturated carbocycles. The molecule has 0 radical (unpaired) electrons. The fourth-order valence-corrected chi connectivity index (χ4v) is 2.85. The van der Waals surface area contributed by atoms with E-state index in [-0.39, 0.29) is 12.0 Å². The van der Waals surface area contributed by atoms with E-state index in [0.717, 1.165) is 4.90 Å². The Morgan fingerprint density at radius 3 is 2.27 bits per heavy atom. The first-order valence-corrected chi connectivity index (χ1v) is 9.23. The molecule has 1 atom stereocenters. The Hall–Kier alpha value is -1.64. The summed E-state index contributed by atoms with van der Waals surface area (Å²) in [4.78, 5) is 39.2. The van der Waals surface area contributed by atoms with Crippen LogP contribution in [0.5, 0.6) is 0 Å². The predicted octanol–water partition coefficient (Wildman–Crippen LogP) is 4.26. The number of benzene rings is 1. The second kappa shape index (κ2) is 9.34. The molecule has 0 unspecified atom stereocenters. The molecule has 1 aromatic rings. The Bertz CT molecular complexity index is 709. The van der Waals surface area contributed by atoms with Crippen LogP contribution in [0.3, 0.4) is 0 Å². The molecule has 0 fully saturated rings. The minimum absolute atomic E-state index is 0.0892. The van der Waals surface area contributed by atoms with Crippen molar-refractivity contribution in [1.29, 1.82) is 0 Å². The molecule has 0 aromatic heterocycles. The fourth-order valence-electron chi connectivity index (χ4n) is 2.23. The highest BCUT2D eigenvalue weighted by molar-refractivity contribution is 14.1. The first-order valence-electron chi connectivity index (χ1n) is 8.66. The third-order valence-electron chi connectivity index (χ3n) is 3.30. The molecule has 1 aromatic carbocycles. The average molecular weight is 476 g/mol. The summed E-state index contributed by atoms with van der Waals surface area (Å²) in [5.74, 6) is -2.53. The number of hydrogen-bond acceptors (Lipinski definition) is 5. The lowest BCUT2D eigenvalue weighted by atomic mass is 10.0. The SMILES string of the molecule is [2H]C(C)(C)C[C@@H](C(=O)OC)N(C(=O)OC(C)(C)C)C(=O)c1ccccc1I. The number of carbonyl (C=O) groups is 3. The van der Waals surface area contributed by atoms with E-state index in [1.807, 2.05) is 22.6 Å². The van der Waals surface area contributed by atoms with Crippen molar-refractivity contribution in [1.82, 2.24) is 4.90 Å². The second-order valence-corrected chi connectivity index (χ2v) is 8.25. The summed E-state index contributed by atoms with van der Waals surface area (Å²) in [6.07, 6.45) is -1.04. The maximum absolute atomic E-state index is 13.2. The predicted molar refractivity (Wildman–Crippen MR) is 107 cm³/mol. The molecule has 0 N–H and O–H groups in total. The van der Waals surface area contributed by atoms with Crippen molar-refractivity contribution < 1.29 is 25.2 Å². The van der Waals surface area contributed by atoms with Gasteiger partial charge >= 0.3 is 12.1 Å². The molecule has 2 amide bonds. The molecule has 26 heavy (non-hydrogen) atoms. The van der Waals surface area contributed by atoms with Crippen LogP contribution in [0.15, 0.2) is 24.3 Å². The quantitative estimate of drug-likeness (QED) is 0.469. The van der Waals surface area contributed by atoms with E-state index < -0.39 is 35.5 Å². The Morgan fingerprint density at radius 2 is 1.81 bits per heavy atom. The van der Waals surface area contributed by atoms with E-state index in [1.165, 1.54) is 7.11 Å². The topological polar surface area (TPSA) is 72.9 Å². The number of hydrogen-bond donors (Lipinski definition) is 0. The van der Waals surface area contributed by atoms with Crippen LogP contribution in [0.1, 0.15) is 52.8 Å². The molecule has 0 aliphatic rings. The zero-order valence-electron chi connectivity index (χ0n) is 17.0. The average Bonchev–Trinajstić information content (AvgIpc) is 2.50.